The molecule has 0 bridgehead atoms. The average molecular weight is 290 g/mol. The van der Waals surface area contributed by atoms with Gasteiger partial charge in [0.1, 0.15) is 12.1 Å². The number of hydrogen-bond acceptors (Lipinski definition) is 3. The number of hydrogen-bond donors (Lipinski definition) is 2. The van der Waals surface area contributed by atoms with Crippen LogP contribution >= 0.6 is 0 Å². The van der Waals surface area contributed by atoms with Gasteiger partial charge in [0.25, 0.3) is 0 Å². The number of carbonyl (C=O) groups excluding carboxylic acids is 2. The van der Waals surface area contributed by atoms with Crippen LogP contribution in [-0.4, -0.2) is 30.6 Å². The molecule has 1 aromatic carbocycles. The summed E-state index contributed by atoms with van der Waals surface area (Å²) in [5.74, 6) is -0.717. The zero-order valence-corrected chi connectivity index (χ0v) is 12.1. The Morgan fingerprint density at radius 1 is 1.33 bits per heavy atom. The van der Waals surface area contributed by atoms with Crippen molar-refractivity contribution in [3.05, 3.63) is 35.9 Å². The number of nitrogens with one attached hydrogen (secondary N) is 1. The van der Waals surface area contributed by atoms with E-state index in [0.29, 0.717) is 19.4 Å². The van der Waals surface area contributed by atoms with Crippen LogP contribution in [0.2, 0.25) is 0 Å². The first-order chi connectivity index (χ1) is 10.2. The number of rotatable bonds is 7. The highest BCUT2D eigenvalue weighted by Gasteiger charge is 2.27. The third-order valence-corrected chi connectivity index (χ3v) is 3.68. The molecule has 1 fully saturated rings. The maximum atomic E-state index is 11.9. The molecule has 5 nitrogen and oxygen atoms in total. The number of carbonyl (C=O) groups is 2. The van der Waals surface area contributed by atoms with E-state index in [2.05, 4.69) is 5.32 Å². The van der Waals surface area contributed by atoms with Gasteiger partial charge in [0, 0.05) is 6.61 Å². The fourth-order valence-electron chi connectivity index (χ4n) is 2.49. The number of nitrogens with two attached hydrogens (primary N) is 1. The smallest absolute Gasteiger partial charge is 0.249 e. The molecule has 0 unspecified atom stereocenters. The van der Waals surface area contributed by atoms with Crippen LogP contribution in [-0.2, 0) is 20.7 Å². The van der Waals surface area contributed by atoms with Crippen LogP contribution in [0.3, 0.4) is 0 Å². The Bertz CT molecular complexity index is 470. The van der Waals surface area contributed by atoms with Gasteiger partial charge in [0.15, 0.2) is 0 Å². The van der Waals surface area contributed by atoms with Gasteiger partial charge in [0.2, 0.25) is 11.8 Å². The van der Waals surface area contributed by atoms with Crippen LogP contribution in [0.4, 0.5) is 0 Å². The molecule has 0 aromatic heterocycles. The number of amides is 2. The van der Waals surface area contributed by atoms with Crippen molar-refractivity contribution in [1.82, 2.24) is 5.32 Å². The van der Waals surface area contributed by atoms with Gasteiger partial charge in [-0.05, 0) is 37.7 Å². The van der Waals surface area contributed by atoms with Gasteiger partial charge in [-0.1, -0.05) is 30.3 Å². The third-order valence-electron chi connectivity index (χ3n) is 3.68. The predicted molar refractivity (Wildman–Crippen MR) is 79.5 cm³/mol. The highest BCUT2D eigenvalue weighted by Crippen LogP contribution is 2.13. The molecule has 0 spiro atoms. The molecule has 1 aromatic rings. The topological polar surface area (TPSA) is 81.4 Å². The summed E-state index contributed by atoms with van der Waals surface area (Å²) < 4.78 is 5.30. The number of aryl methyl sites for hydroxylation is 1. The summed E-state index contributed by atoms with van der Waals surface area (Å²) in [5.41, 5.74) is 6.58. The average Bonchev–Trinajstić information content (AvgIpc) is 3.01. The van der Waals surface area contributed by atoms with Crippen LogP contribution in [0.15, 0.2) is 30.3 Å². The Hall–Kier alpha value is -1.88. The molecule has 114 valence electrons. The molecule has 2 atom stereocenters. The Balaban J connectivity index is 1.79. The molecule has 2 rings (SSSR count). The summed E-state index contributed by atoms with van der Waals surface area (Å²) in [6.07, 6.45) is 3.36. The number of primary amides is 1. The summed E-state index contributed by atoms with van der Waals surface area (Å²) in [6.45, 7) is 0.604. The largest absolute Gasteiger partial charge is 0.368 e. The van der Waals surface area contributed by atoms with Gasteiger partial charge in [0.05, 0.1) is 0 Å². The maximum absolute atomic E-state index is 11.9. The molecule has 2 amide bonds. The van der Waals surface area contributed by atoms with Gasteiger partial charge in [-0.25, -0.2) is 0 Å². The third kappa shape index (κ3) is 4.86. The molecular weight excluding hydrogens is 268 g/mol. The van der Waals surface area contributed by atoms with Crippen molar-refractivity contribution in [2.75, 3.05) is 6.61 Å². The molecule has 5 heteroatoms. The summed E-state index contributed by atoms with van der Waals surface area (Å²) in [4.78, 5) is 23.4. The van der Waals surface area contributed by atoms with E-state index in [4.69, 9.17) is 10.5 Å². The van der Waals surface area contributed by atoms with Crippen molar-refractivity contribution in [1.29, 1.82) is 0 Å². The van der Waals surface area contributed by atoms with Gasteiger partial charge < -0.3 is 15.8 Å². The van der Waals surface area contributed by atoms with E-state index in [1.807, 2.05) is 30.3 Å². The first-order valence-electron chi connectivity index (χ1n) is 7.42. The molecule has 1 aliphatic heterocycles. The Morgan fingerprint density at radius 2 is 2.10 bits per heavy atom. The van der Waals surface area contributed by atoms with Crippen molar-refractivity contribution in [2.24, 2.45) is 5.73 Å². The Morgan fingerprint density at radius 3 is 2.71 bits per heavy atom. The molecule has 0 aliphatic carbocycles. The lowest BCUT2D eigenvalue weighted by Crippen LogP contribution is -2.48. The van der Waals surface area contributed by atoms with Gasteiger partial charge in [-0.3, -0.25) is 9.59 Å². The second-order valence-corrected chi connectivity index (χ2v) is 5.34. The SMILES string of the molecule is NC(=O)[C@@H](CCCc1ccccc1)NC(=O)[C@H]1CCCO1. The lowest BCUT2D eigenvalue weighted by Gasteiger charge is -2.17. The minimum atomic E-state index is -0.620. The molecule has 3 N–H and O–H groups in total. The van der Waals surface area contributed by atoms with Crippen LogP contribution in [0.1, 0.15) is 31.2 Å². The molecular formula is C16H22N2O3. The molecule has 0 radical (unpaired) electrons. The summed E-state index contributed by atoms with van der Waals surface area (Å²) in [7, 11) is 0. The molecule has 1 saturated heterocycles. The summed E-state index contributed by atoms with van der Waals surface area (Å²) in [6, 6.07) is 9.41. The molecule has 1 aliphatic rings. The van der Waals surface area contributed by atoms with E-state index in [0.717, 1.165) is 19.3 Å². The predicted octanol–water partition coefficient (Wildman–Crippen LogP) is 1.16. The first-order valence-corrected chi connectivity index (χ1v) is 7.42. The minimum absolute atomic E-state index is 0.226. The highest BCUT2D eigenvalue weighted by atomic mass is 16.5. The monoisotopic (exact) mass is 290 g/mol. The van der Waals surface area contributed by atoms with Crippen molar-refractivity contribution < 1.29 is 14.3 Å². The minimum Gasteiger partial charge on any atom is -0.368 e. The Kier molecular flexibility index (Phi) is 5.75. The van der Waals surface area contributed by atoms with E-state index in [1.165, 1.54) is 5.56 Å². The van der Waals surface area contributed by atoms with Crippen LogP contribution in [0, 0.1) is 0 Å². The normalized spacial score (nSPS) is 19.1. The Labute approximate surface area is 124 Å². The van der Waals surface area contributed by atoms with Crippen molar-refractivity contribution in [3.63, 3.8) is 0 Å². The van der Waals surface area contributed by atoms with Crippen LogP contribution < -0.4 is 11.1 Å². The van der Waals surface area contributed by atoms with Crippen molar-refractivity contribution in [3.8, 4) is 0 Å². The van der Waals surface area contributed by atoms with E-state index in [-0.39, 0.29) is 5.91 Å². The standard InChI is InChI=1S/C16H22N2O3/c17-15(19)13(18-16(20)14-10-5-11-21-14)9-4-8-12-6-2-1-3-7-12/h1-3,6-7,13-14H,4-5,8-11H2,(H2,17,19)(H,18,20)/t13-,14-/m1/s1. The number of benzene rings is 1. The molecule has 1 heterocycles. The molecule has 0 saturated carbocycles. The van der Waals surface area contributed by atoms with E-state index in [9.17, 15) is 9.59 Å². The molecule has 21 heavy (non-hydrogen) atoms. The number of ether oxygens (including phenoxy) is 1. The van der Waals surface area contributed by atoms with Crippen LogP contribution in [0.25, 0.3) is 0 Å². The zero-order valence-electron chi connectivity index (χ0n) is 12.1. The maximum Gasteiger partial charge on any atom is 0.249 e. The fraction of sp³-hybridized carbons (Fsp3) is 0.500. The quantitative estimate of drug-likeness (QED) is 0.790. The van der Waals surface area contributed by atoms with E-state index >= 15 is 0 Å². The second kappa shape index (κ2) is 7.78. The van der Waals surface area contributed by atoms with Gasteiger partial charge >= 0.3 is 0 Å². The van der Waals surface area contributed by atoms with Gasteiger partial charge in [-0.15, -0.1) is 0 Å². The van der Waals surface area contributed by atoms with Gasteiger partial charge in [-0.2, -0.15) is 0 Å². The fourth-order valence-corrected chi connectivity index (χ4v) is 2.49. The van der Waals surface area contributed by atoms with E-state index in [1.54, 1.807) is 0 Å². The highest BCUT2D eigenvalue weighted by molar-refractivity contribution is 5.88. The lowest BCUT2D eigenvalue weighted by molar-refractivity contribution is -0.133. The van der Waals surface area contributed by atoms with Crippen LogP contribution in [0.5, 0.6) is 0 Å². The first kappa shape index (κ1) is 15.5. The second-order valence-electron chi connectivity index (χ2n) is 5.34. The zero-order chi connectivity index (χ0) is 15.1. The van der Waals surface area contributed by atoms with Crippen molar-refractivity contribution >= 4 is 11.8 Å². The summed E-state index contributed by atoms with van der Waals surface area (Å²) in [5, 5.41) is 2.71. The van der Waals surface area contributed by atoms with Crippen molar-refractivity contribution in [2.45, 2.75) is 44.2 Å². The summed E-state index contributed by atoms with van der Waals surface area (Å²) >= 11 is 0. The van der Waals surface area contributed by atoms with E-state index < -0.39 is 18.1 Å². The lowest BCUT2D eigenvalue weighted by atomic mass is 10.0.